The lowest BCUT2D eigenvalue weighted by Gasteiger charge is -2.22. The van der Waals surface area contributed by atoms with Crippen molar-refractivity contribution in [1.82, 2.24) is 20.1 Å². The van der Waals surface area contributed by atoms with Crippen molar-refractivity contribution in [2.75, 3.05) is 40.3 Å². The molecule has 0 unspecified atom stereocenters. The highest BCUT2D eigenvalue weighted by Gasteiger charge is 2.23. The van der Waals surface area contributed by atoms with Gasteiger partial charge in [0.25, 0.3) is 5.91 Å². The number of nitrogens with one attached hydrogen (secondary N) is 2. The number of benzene rings is 2. The molecule has 0 spiro atoms. The molecule has 1 saturated heterocycles. The molecule has 10 heteroatoms. The van der Waals surface area contributed by atoms with Crippen molar-refractivity contribution in [1.29, 1.82) is 5.26 Å². The SMILES string of the molecule is CN(C)CCn1c(=O)oc2ccc(-c3ccc(C[C@@H](C#N)NC(=O)[C@@H]4CNCCCCO4)c(F)c3)cc21. The van der Waals surface area contributed by atoms with E-state index in [9.17, 15) is 14.9 Å². The highest BCUT2D eigenvalue weighted by molar-refractivity contribution is 5.82. The molecular formula is C27H32FN5O4. The maximum atomic E-state index is 15.1. The van der Waals surface area contributed by atoms with E-state index >= 15 is 4.39 Å². The molecule has 0 saturated carbocycles. The van der Waals surface area contributed by atoms with Crippen LogP contribution in [0, 0.1) is 17.1 Å². The largest absolute Gasteiger partial charge is 0.419 e. The van der Waals surface area contributed by atoms with Crippen LogP contribution in [0.15, 0.2) is 45.6 Å². The highest BCUT2D eigenvalue weighted by atomic mass is 19.1. The first kappa shape index (κ1) is 26.5. The number of carbonyl (C=O) groups is 1. The zero-order valence-corrected chi connectivity index (χ0v) is 21.1. The van der Waals surface area contributed by atoms with Gasteiger partial charge in [0.2, 0.25) is 0 Å². The van der Waals surface area contributed by atoms with Gasteiger partial charge in [-0.15, -0.1) is 0 Å². The van der Waals surface area contributed by atoms with Crippen LogP contribution in [0.1, 0.15) is 18.4 Å². The van der Waals surface area contributed by atoms with Gasteiger partial charge in [-0.1, -0.05) is 18.2 Å². The number of carbonyl (C=O) groups excluding carboxylic acids is 1. The molecule has 2 heterocycles. The second-order valence-corrected chi connectivity index (χ2v) is 9.48. The third kappa shape index (κ3) is 6.63. The van der Waals surface area contributed by atoms with Crippen LogP contribution < -0.4 is 16.4 Å². The molecule has 9 nitrogen and oxygen atoms in total. The van der Waals surface area contributed by atoms with Crippen LogP contribution in [0.5, 0.6) is 0 Å². The molecule has 2 N–H and O–H groups in total. The van der Waals surface area contributed by atoms with E-state index < -0.39 is 23.7 Å². The van der Waals surface area contributed by atoms with Crippen molar-refractivity contribution in [3.63, 3.8) is 0 Å². The maximum absolute atomic E-state index is 15.1. The van der Waals surface area contributed by atoms with E-state index in [1.165, 1.54) is 6.07 Å². The quantitative estimate of drug-likeness (QED) is 0.479. The van der Waals surface area contributed by atoms with E-state index in [-0.39, 0.29) is 12.3 Å². The molecule has 1 aliphatic heterocycles. The fraction of sp³-hybridized carbons (Fsp3) is 0.444. The van der Waals surface area contributed by atoms with Gasteiger partial charge in [0.15, 0.2) is 5.58 Å². The number of oxazole rings is 1. The summed E-state index contributed by atoms with van der Waals surface area (Å²) in [6.45, 7) is 2.81. The van der Waals surface area contributed by atoms with E-state index in [2.05, 4.69) is 10.6 Å². The monoisotopic (exact) mass is 509 g/mol. The van der Waals surface area contributed by atoms with E-state index in [4.69, 9.17) is 9.15 Å². The van der Waals surface area contributed by atoms with Crippen LogP contribution in [0.2, 0.25) is 0 Å². The molecule has 1 amide bonds. The number of rotatable bonds is 8. The third-order valence-corrected chi connectivity index (χ3v) is 6.41. The van der Waals surface area contributed by atoms with Gasteiger partial charge in [-0.3, -0.25) is 9.36 Å². The first-order valence-corrected chi connectivity index (χ1v) is 12.4. The fourth-order valence-corrected chi connectivity index (χ4v) is 4.30. The number of hydrogen-bond donors (Lipinski definition) is 2. The zero-order chi connectivity index (χ0) is 26.4. The minimum absolute atomic E-state index is 0.0271. The van der Waals surface area contributed by atoms with Crippen molar-refractivity contribution < 1.29 is 18.3 Å². The van der Waals surface area contributed by atoms with Crippen LogP contribution >= 0.6 is 0 Å². The van der Waals surface area contributed by atoms with Gasteiger partial charge in [0.05, 0.1) is 11.6 Å². The summed E-state index contributed by atoms with van der Waals surface area (Å²) in [4.78, 5) is 26.9. The van der Waals surface area contributed by atoms with Gasteiger partial charge >= 0.3 is 5.76 Å². The lowest BCUT2D eigenvalue weighted by atomic mass is 10.00. The van der Waals surface area contributed by atoms with E-state index in [0.29, 0.717) is 48.5 Å². The Morgan fingerprint density at radius 3 is 2.81 bits per heavy atom. The molecule has 196 valence electrons. The predicted molar refractivity (Wildman–Crippen MR) is 138 cm³/mol. The Labute approximate surface area is 214 Å². The molecule has 3 aromatic rings. The molecule has 4 rings (SSSR count). The summed E-state index contributed by atoms with van der Waals surface area (Å²) >= 11 is 0. The van der Waals surface area contributed by atoms with E-state index in [0.717, 1.165) is 24.9 Å². The maximum Gasteiger partial charge on any atom is 0.419 e. The summed E-state index contributed by atoms with van der Waals surface area (Å²) in [6.07, 6.45) is 1.18. The minimum atomic E-state index is -0.893. The number of nitriles is 1. The van der Waals surface area contributed by atoms with Crippen LogP contribution in [0.25, 0.3) is 22.2 Å². The number of aromatic nitrogens is 1. The number of likely N-dealkylation sites (N-methyl/N-ethyl adjacent to an activating group) is 1. The van der Waals surface area contributed by atoms with Gasteiger partial charge in [0.1, 0.15) is 18.0 Å². The van der Waals surface area contributed by atoms with Crippen molar-refractivity contribution in [2.45, 2.75) is 38.0 Å². The normalized spacial score (nSPS) is 17.2. The lowest BCUT2D eigenvalue weighted by molar-refractivity contribution is -0.133. The summed E-state index contributed by atoms with van der Waals surface area (Å²) in [5, 5.41) is 15.4. The summed E-state index contributed by atoms with van der Waals surface area (Å²) in [7, 11) is 3.85. The van der Waals surface area contributed by atoms with Crippen molar-refractivity contribution >= 4 is 17.0 Å². The van der Waals surface area contributed by atoms with Crippen molar-refractivity contribution in [3.05, 3.63) is 58.3 Å². The first-order chi connectivity index (χ1) is 17.9. The Bertz CT molecular complexity index is 1330. The highest BCUT2D eigenvalue weighted by Crippen LogP contribution is 2.26. The second kappa shape index (κ2) is 12.1. The summed E-state index contributed by atoms with van der Waals surface area (Å²) < 4.78 is 27.6. The summed E-state index contributed by atoms with van der Waals surface area (Å²) in [5.41, 5.74) is 2.80. The summed E-state index contributed by atoms with van der Waals surface area (Å²) in [6, 6.07) is 11.2. The molecule has 37 heavy (non-hydrogen) atoms. The minimum Gasteiger partial charge on any atom is -0.408 e. The predicted octanol–water partition coefficient (Wildman–Crippen LogP) is 2.28. The van der Waals surface area contributed by atoms with E-state index in [1.54, 1.807) is 28.8 Å². The fourth-order valence-electron chi connectivity index (χ4n) is 4.30. The topological polar surface area (TPSA) is 113 Å². The number of nitrogens with zero attached hydrogens (tertiary/aromatic N) is 3. The van der Waals surface area contributed by atoms with Gasteiger partial charge < -0.3 is 24.7 Å². The Kier molecular flexibility index (Phi) is 8.71. The van der Waals surface area contributed by atoms with Crippen LogP contribution in [-0.2, 0) is 22.5 Å². The smallest absolute Gasteiger partial charge is 0.408 e. The Morgan fingerprint density at radius 1 is 1.27 bits per heavy atom. The lowest BCUT2D eigenvalue weighted by Crippen LogP contribution is -2.47. The first-order valence-electron chi connectivity index (χ1n) is 12.4. The van der Waals surface area contributed by atoms with Gasteiger partial charge in [-0.05, 0) is 68.4 Å². The molecule has 0 aliphatic carbocycles. The van der Waals surface area contributed by atoms with Crippen LogP contribution in [-0.4, -0.2) is 67.9 Å². The standard InChI is InChI=1S/C27H32FN5O4/c1-32(2)10-11-33-23-15-19(7-8-24(23)37-27(33)35)18-5-6-20(22(28)14-18)13-21(16-29)31-26(34)25-17-30-9-3-4-12-36-25/h5-8,14-15,21,25,30H,3-4,9-13,17H2,1-2H3,(H,31,34)/t21-,25-/m0/s1. The number of hydrogen-bond acceptors (Lipinski definition) is 7. The van der Waals surface area contributed by atoms with Crippen LogP contribution in [0.3, 0.4) is 0 Å². The molecule has 0 radical (unpaired) electrons. The van der Waals surface area contributed by atoms with Gasteiger partial charge in [0, 0.05) is 32.7 Å². The molecule has 1 aliphatic rings. The molecule has 0 bridgehead atoms. The van der Waals surface area contributed by atoms with Crippen LogP contribution in [0.4, 0.5) is 4.39 Å². The third-order valence-electron chi connectivity index (χ3n) is 6.41. The Balaban J connectivity index is 1.48. The van der Waals surface area contributed by atoms with Crippen molar-refractivity contribution in [2.24, 2.45) is 0 Å². The Hall–Kier alpha value is -3.52. The zero-order valence-electron chi connectivity index (χ0n) is 21.1. The molecule has 2 atom stereocenters. The molecule has 2 aromatic carbocycles. The number of ether oxygens (including phenoxy) is 1. The molecular weight excluding hydrogens is 477 g/mol. The van der Waals surface area contributed by atoms with Gasteiger partial charge in [-0.25, -0.2) is 9.18 Å². The molecule has 1 aromatic heterocycles. The number of amides is 1. The Morgan fingerprint density at radius 2 is 2.05 bits per heavy atom. The second-order valence-electron chi connectivity index (χ2n) is 9.48. The number of halogens is 1. The number of fused-ring (bicyclic) bond motifs is 1. The van der Waals surface area contributed by atoms with Gasteiger partial charge in [-0.2, -0.15) is 5.26 Å². The molecule has 1 fully saturated rings. The van der Waals surface area contributed by atoms with Crippen molar-refractivity contribution in [3.8, 4) is 17.2 Å². The summed E-state index contributed by atoms with van der Waals surface area (Å²) in [5.74, 6) is -1.29. The average molecular weight is 510 g/mol. The average Bonchev–Trinajstić information content (AvgIpc) is 3.17. The van der Waals surface area contributed by atoms with E-state index in [1.807, 2.05) is 31.1 Å².